The highest BCUT2D eigenvalue weighted by Crippen LogP contribution is 2.38. The lowest BCUT2D eigenvalue weighted by atomic mass is 9.99. The second kappa shape index (κ2) is 7.31. The normalized spacial score (nSPS) is 11.5. The van der Waals surface area contributed by atoms with Gasteiger partial charge in [-0.05, 0) is 60.2 Å². The van der Waals surface area contributed by atoms with Gasteiger partial charge in [0.15, 0.2) is 0 Å². The van der Waals surface area contributed by atoms with Gasteiger partial charge in [-0.2, -0.15) is 5.26 Å². The van der Waals surface area contributed by atoms with Gasteiger partial charge in [0.2, 0.25) is 0 Å². The molecular formula is C31H17FN2O. The standard InChI is InChI=1S/C31H17FN2O/c32-21-11-14-31-26(17-21)25-16-20(10-13-30(25)35-31)22-12-9-19(18-33)15-29(22)34-27-7-3-1-5-23(27)24-6-2-4-8-28(24)34/h1-17H. The van der Waals surface area contributed by atoms with Crippen molar-refractivity contribution in [1.82, 2.24) is 4.57 Å². The highest BCUT2D eigenvalue weighted by Gasteiger charge is 2.17. The second-order valence-corrected chi connectivity index (χ2v) is 8.67. The van der Waals surface area contributed by atoms with Crippen LogP contribution in [0.4, 0.5) is 4.39 Å². The number of nitrogens with zero attached hydrogens (tertiary/aromatic N) is 2. The first-order valence-corrected chi connectivity index (χ1v) is 11.4. The third-order valence-corrected chi connectivity index (χ3v) is 6.69. The molecule has 0 N–H and O–H groups in total. The predicted molar refractivity (Wildman–Crippen MR) is 138 cm³/mol. The molecular weight excluding hydrogens is 435 g/mol. The van der Waals surface area contributed by atoms with Crippen molar-refractivity contribution in [3.63, 3.8) is 0 Å². The summed E-state index contributed by atoms with van der Waals surface area (Å²) in [5.41, 5.74) is 6.95. The summed E-state index contributed by atoms with van der Waals surface area (Å²) in [6.45, 7) is 0. The molecule has 0 saturated carbocycles. The van der Waals surface area contributed by atoms with Gasteiger partial charge in [-0.25, -0.2) is 4.39 Å². The number of hydrogen-bond acceptors (Lipinski definition) is 2. The molecule has 2 aromatic heterocycles. The molecule has 2 heterocycles. The van der Waals surface area contributed by atoms with Crippen LogP contribution in [0, 0.1) is 17.1 Å². The average molecular weight is 452 g/mol. The fourth-order valence-corrected chi connectivity index (χ4v) is 5.13. The van der Waals surface area contributed by atoms with E-state index in [4.69, 9.17) is 4.42 Å². The lowest BCUT2D eigenvalue weighted by molar-refractivity contribution is 0.626. The second-order valence-electron chi connectivity index (χ2n) is 8.67. The Hall–Kier alpha value is -4.88. The molecule has 0 amide bonds. The van der Waals surface area contributed by atoms with Crippen LogP contribution < -0.4 is 0 Å². The monoisotopic (exact) mass is 452 g/mol. The molecule has 0 radical (unpaired) electrons. The maximum Gasteiger partial charge on any atom is 0.135 e. The third-order valence-electron chi connectivity index (χ3n) is 6.69. The molecule has 0 spiro atoms. The molecule has 0 aliphatic carbocycles. The minimum absolute atomic E-state index is 0.296. The highest BCUT2D eigenvalue weighted by atomic mass is 19.1. The van der Waals surface area contributed by atoms with E-state index >= 15 is 0 Å². The Bertz CT molecular complexity index is 1930. The molecule has 0 bridgehead atoms. The largest absolute Gasteiger partial charge is 0.456 e. The van der Waals surface area contributed by atoms with Crippen LogP contribution >= 0.6 is 0 Å². The van der Waals surface area contributed by atoms with Crippen LogP contribution in [0.3, 0.4) is 0 Å². The van der Waals surface area contributed by atoms with Crippen LogP contribution in [0.25, 0.3) is 60.6 Å². The molecule has 0 unspecified atom stereocenters. The van der Waals surface area contributed by atoms with Crippen molar-refractivity contribution in [3.8, 4) is 22.9 Å². The van der Waals surface area contributed by atoms with Crippen molar-refractivity contribution in [3.05, 3.63) is 115 Å². The number of fused-ring (bicyclic) bond motifs is 6. The Morgan fingerprint density at radius 1 is 0.657 bits per heavy atom. The number of furan rings is 1. The van der Waals surface area contributed by atoms with Gasteiger partial charge in [0.25, 0.3) is 0 Å². The van der Waals surface area contributed by atoms with E-state index < -0.39 is 0 Å². The Balaban J connectivity index is 1.57. The van der Waals surface area contributed by atoms with Crippen molar-refractivity contribution in [2.24, 2.45) is 0 Å². The van der Waals surface area contributed by atoms with Crippen molar-refractivity contribution in [2.45, 2.75) is 0 Å². The van der Waals surface area contributed by atoms with E-state index in [1.807, 2.05) is 60.7 Å². The number of benzene rings is 5. The summed E-state index contributed by atoms with van der Waals surface area (Å²) in [4.78, 5) is 0. The van der Waals surface area contributed by atoms with Gasteiger partial charge in [0.05, 0.1) is 28.4 Å². The van der Waals surface area contributed by atoms with E-state index in [0.717, 1.165) is 49.4 Å². The molecule has 0 atom stereocenters. The molecule has 7 rings (SSSR count). The molecule has 4 heteroatoms. The van der Waals surface area contributed by atoms with Crippen LogP contribution in [0.5, 0.6) is 0 Å². The summed E-state index contributed by atoms with van der Waals surface area (Å²) in [7, 11) is 0. The lowest BCUT2D eigenvalue weighted by Gasteiger charge is -2.15. The lowest BCUT2D eigenvalue weighted by Crippen LogP contribution is -1.98. The fraction of sp³-hybridized carbons (Fsp3) is 0. The first-order chi connectivity index (χ1) is 17.2. The fourth-order valence-electron chi connectivity index (χ4n) is 5.13. The Morgan fingerprint density at radius 2 is 1.31 bits per heavy atom. The maximum absolute atomic E-state index is 14.0. The topological polar surface area (TPSA) is 41.9 Å². The van der Waals surface area contributed by atoms with Gasteiger partial charge in [-0.1, -0.05) is 48.5 Å². The molecule has 35 heavy (non-hydrogen) atoms. The number of rotatable bonds is 2. The van der Waals surface area contributed by atoms with Gasteiger partial charge < -0.3 is 8.98 Å². The zero-order valence-corrected chi connectivity index (χ0v) is 18.5. The summed E-state index contributed by atoms with van der Waals surface area (Å²) in [6.07, 6.45) is 0. The van der Waals surface area contributed by atoms with Crippen molar-refractivity contribution < 1.29 is 8.81 Å². The Morgan fingerprint density at radius 3 is 2.03 bits per heavy atom. The molecule has 0 fully saturated rings. The summed E-state index contributed by atoms with van der Waals surface area (Å²) in [5, 5.41) is 13.6. The Labute approximate surface area is 199 Å². The molecule has 0 saturated heterocycles. The number of hydrogen-bond donors (Lipinski definition) is 0. The van der Waals surface area contributed by atoms with Crippen LogP contribution in [-0.2, 0) is 0 Å². The SMILES string of the molecule is N#Cc1ccc(-c2ccc3oc4ccc(F)cc4c3c2)c(-n2c3ccccc3c3ccccc32)c1. The van der Waals surface area contributed by atoms with Crippen molar-refractivity contribution in [2.75, 3.05) is 0 Å². The number of aromatic nitrogens is 1. The van der Waals surface area contributed by atoms with E-state index in [0.29, 0.717) is 16.7 Å². The quantitative estimate of drug-likeness (QED) is 0.264. The molecule has 5 aromatic carbocycles. The third kappa shape index (κ3) is 2.89. The number of halogens is 1. The first kappa shape index (κ1) is 19.6. The van der Waals surface area contributed by atoms with Crippen molar-refractivity contribution >= 4 is 43.7 Å². The molecule has 7 aromatic rings. The summed E-state index contributed by atoms with van der Waals surface area (Å²) in [5.74, 6) is -0.296. The summed E-state index contributed by atoms with van der Waals surface area (Å²) >= 11 is 0. The van der Waals surface area contributed by atoms with Gasteiger partial charge in [-0.15, -0.1) is 0 Å². The van der Waals surface area contributed by atoms with Gasteiger partial charge in [0, 0.05) is 27.1 Å². The average Bonchev–Trinajstić information content (AvgIpc) is 3.43. The van der Waals surface area contributed by atoms with Crippen LogP contribution in [0.2, 0.25) is 0 Å². The van der Waals surface area contributed by atoms with E-state index in [-0.39, 0.29) is 5.82 Å². The van der Waals surface area contributed by atoms with E-state index in [1.54, 1.807) is 6.07 Å². The highest BCUT2D eigenvalue weighted by molar-refractivity contribution is 6.10. The Kier molecular flexibility index (Phi) is 4.09. The van der Waals surface area contributed by atoms with Crippen LogP contribution in [0.15, 0.2) is 108 Å². The van der Waals surface area contributed by atoms with Gasteiger partial charge >= 0.3 is 0 Å². The summed E-state index contributed by atoms with van der Waals surface area (Å²) < 4.78 is 22.2. The summed E-state index contributed by atoms with van der Waals surface area (Å²) in [6, 6.07) is 35.2. The number of para-hydroxylation sites is 2. The van der Waals surface area contributed by atoms with Gasteiger partial charge in [-0.3, -0.25) is 0 Å². The molecule has 3 nitrogen and oxygen atoms in total. The van der Waals surface area contributed by atoms with E-state index in [9.17, 15) is 9.65 Å². The van der Waals surface area contributed by atoms with Crippen molar-refractivity contribution in [1.29, 1.82) is 5.26 Å². The first-order valence-electron chi connectivity index (χ1n) is 11.4. The smallest absolute Gasteiger partial charge is 0.135 e. The molecule has 0 aliphatic heterocycles. The molecule has 0 aliphatic rings. The molecule has 164 valence electrons. The number of nitriles is 1. The van der Waals surface area contributed by atoms with Gasteiger partial charge in [0.1, 0.15) is 17.0 Å². The van der Waals surface area contributed by atoms with E-state index in [2.05, 4.69) is 34.9 Å². The minimum atomic E-state index is -0.296. The zero-order chi connectivity index (χ0) is 23.5. The zero-order valence-electron chi connectivity index (χ0n) is 18.5. The van der Waals surface area contributed by atoms with E-state index in [1.165, 1.54) is 12.1 Å². The maximum atomic E-state index is 14.0. The van der Waals surface area contributed by atoms with Crippen LogP contribution in [-0.4, -0.2) is 4.57 Å². The van der Waals surface area contributed by atoms with Crippen LogP contribution in [0.1, 0.15) is 5.56 Å². The minimum Gasteiger partial charge on any atom is -0.456 e. The predicted octanol–water partition coefficient (Wildman–Crippen LogP) is 8.36.